The van der Waals surface area contributed by atoms with Crippen molar-refractivity contribution in [3.63, 3.8) is 0 Å². The summed E-state index contributed by atoms with van der Waals surface area (Å²) in [5.41, 5.74) is 6.67. The lowest BCUT2D eigenvalue weighted by atomic mass is 10.3. The zero-order chi connectivity index (χ0) is 14.8. The fourth-order valence-corrected chi connectivity index (χ4v) is 3.95. The van der Waals surface area contributed by atoms with Crippen molar-refractivity contribution < 1.29 is 8.42 Å². The first-order valence-electron chi connectivity index (χ1n) is 5.69. The number of pyridine rings is 1. The second-order valence-electron chi connectivity index (χ2n) is 4.07. The molecule has 0 radical (unpaired) electrons. The van der Waals surface area contributed by atoms with Gasteiger partial charge < -0.3 is 5.73 Å². The van der Waals surface area contributed by atoms with Gasteiger partial charge in [-0.2, -0.15) is 0 Å². The SMILES string of the molecule is Cc1ccsc1CNS(=O)(=O)c1cccnc1C(N)=S. The van der Waals surface area contributed by atoms with Gasteiger partial charge in [-0.05, 0) is 36.1 Å². The van der Waals surface area contributed by atoms with Crippen molar-refractivity contribution in [2.24, 2.45) is 5.73 Å². The van der Waals surface area contributed by atoms with Crippen LogP contribution < -0.4 is 10.5 Å². The molecule has 0 aromatic carbocycles. The summed E-state index contributed by atoms with van der Waals surface area (Å²) in [5.74, 6) is 0. The third-order valence-electron chi connectivity index (χ3n) is 2.68. The molecule has 0 aliphatic heterocycles. The first-order valence-corrected chi connectivity index (χ1v) is 8.46. The molecule has 0 bridgehead atoms. The normalized spacial score (nSPS) is 11.4. The number of aromatic nitrogens is 1. The molecule has 8 heteroatoms. The highest BCUT2D eigenvalue weighted by Crippen LogP contribution is 2.17. The zero-order valence-corrected chi connectivity index (χ0v) is 13.1. The van der Waals surface area contributed by atoms with E-state index in [1.54, 1.807) is 0 Å². The van der Waals surface area contributed by atoms with Gasteiger partial charge in [-0.25, -0.2) is 13.1 Å². The van der Waals surface area contributed by atoms with E-state index in [0.717, 1.165) is 10.4 Å². The average Bonchev–Trinajstić information content (AvgIpc) is 2.82. The summed E-state index contributed by atoms with van der Waals surface area (Å²) in [6.07, 6.45) is 1.46. The molecule has 2 heterocycles. The number of nitrogens with zero attached hydrogens (tertiary/aromatic N) is 1. The number of nitrogens with one attached hydrogen (secondary N) is 1. The molecular formula is C12H13N3O2S3. The summed E-state index contributed by atoms with van der Waals surface area (Å²) in [5, 5.41) is 1.92. The molecule has 20 heavy (non-hydrogen) atoms. The van der Waals surface area contributed by atoms with Crippen LogP contribution in [0.1, 0.15) is 16.1 Å². The number of sulfonamides is 1. The summed E-state index contributed by atoms with van der Waals surface area (Å²) >= 11 is 6.33. The quantitative estimate of drug-likeness (QED) is 0.814. The van der Waals surface area contributed by atoms with Crippen molar-refractivity contribution in [2.75, 3.05) is 0 Å². The highest BCUT2D eigenvalue weighted by atomic mass is 32.2. The molecule has 0 saturated heterocycles. The summed E-state index contributed by atoms with van der Waals surface area (Å²) in [4.78, 5) is 4.85. The van der Waals surface area contributed by atoms with Crippen molar-refractivity contribution in [3.05, 3.63) is 45.9 Å². The van der Waals surface area contributed by atoms with E-state index < -0.39 is 10.0 Å². The molecule has 0 spiro atoms. The van der Waals surface area contributed by atoms with E-state index in [-0.39, 0.29) is 22.1 Å². The van der Waals surface area contributed by atoms with E-state index in [2.05, 4.69) is 9.71 Å². The number of aryl methyl sites for hydroxylation is 1. The summed E-state index contributed by atoms with van der Waals surface area (Å²) < 4.78 is 27.1. The molecule has 0 amide bonds. The highest BCUT2D eigenvalue weighted by molar-refractivity contribution is 7.89. The fourth-order valence-electron chi connectivity index (χ4n) is 1.62. The maximum absolute atomic E-state index is 12.3. The molecule has 2 aromatic heterocycles. The monoisotopic (exact) mass is 327 g/mol. The van der Waals surface area contributed by atoms with Gasteiger partial charge >= 0.3 is 0 Å². The van der Waals surface area contributed by atoms with E-state index in [1.807, 2.05) is 18.4 Å². The largest absolute Gasteiger partial charge is 0.388 e. The second kappa shape index (κ2) is 5.96. The minimum absolute atomic E-state index is 0.00158. The van der Waals surface area contributed by atoms with Crippen molar-refractivity contribution in [2.45, 2.75) is 18.4 Å². The second-order valence-corrected chi connectivity index (χ2v) is 7.24. The van der Waals surface area contributed by atoms with E-state index >= 15 is 0 Å². The Bertz CT molecular complexity index is 738. The molecule has 3 N–H and O–H groups in total. The number of hydrogen-bond donors (Lipinski definition) is 2. The molecule has 2 aromatic rings. The van der Waals surface area contributed by atoms with Gasteiger partial charge in [0.15, 0.2) is 0 Å². The van der Waals surface area contributed by atoms with Gasteiger partial charge in [0.25, 0.3) is 0 Å². The van der Waals surface area contributed by atoms with Crippen LogP contribution in [0.4, 0.5) is 0 Å². The molecule has 0 atom stereocenters. The molecule has 0 aliphatic rings. The maximum Gasteiger partial charge on any atom is 0.243 e. The topological polar surface area (TPSA) is 85.1 Å². The van der Waals surface area contributed by atoms with Gasteiger partial charge in [0.2, 0.25) is 10.0 Å². The number of hydrogen-bond acceptors (Lipinski definition) is 5. The molecule has 0 fully saturated rings. The van der Waals surface area contributed by atoms with Gasteiger partial charge in [-0.15, -0.1) is 11.3 Å². The Hall–Kier alpha value is -1.35. The Morgan fingerprint density at radius 1 is 1.50 bits per heavy atom. The molecule has 0 unspecified atom stereocenters. The Labute approximate surface area is 126 Å². The van der Waals surface area contributed by atoms with Crippen LogP contribution in [0.2, 0.25) is 0 Å². The molecule has 106 valence electrons. The number of thiophene rings is 1. The van der Waals surface area contributed by atoms with Gasteiger partial charge in [-0.1, -0.05) is 12.2 Å². The summed E-state index contributed by atoms with van der Waals surface area (Å²) in [6.45, 7) is 2.17. The Balaban J connectivity index is 2.27. The minimum Gasteiger partial charge on any atom is -0.388 e. The van der Waals surface area contributed by atoms with Crippen LogP contribution in [-0.4, -0.2) is 18.4 Å². The third kappa shape index (κ3) is 3.21. The Morgan fingerprint density at radius 2 is 2.25 bits per heavy atom. The van der Waals surface area contributed by atoms with Crippen molar-refractivity contribution >= 4 is 38.6 Å². The fraction of sp³-hybridized carbons (Fsp3) is 0.167. The van der Waals surface area contributed by atoms with Gasteiger partial charge in [0, 0.05) is 17.6 Å². The maximum atomic E-state index is 12.3. The summed E-state index contributed by atoms with van der Waals surface area (Å²) in [6, 6.07) is 4.91. The van der Waals surface area contributed by atoms with E-state index in [4.69, 9.17) is 18.0 Å². The van der Waals surface area contributed by atoms with Crippen molar-refractivity contribution in [3.8, 4) is 0 Å². The Morgan fingerprint density at radius 3 is 2.85 bits per heavy atom. The zero-order valence-electron chi connectivity index (χ0n) is 10.7. The van der Waals surface area contributed by atoms with Crippen LogP contribution in [0.3, 0.4) is 0 Å². The van der Waals surface area contributed by atoms with Crippen LogP contribution in [0.25, 0.3) is 0 Å². The molecule has 0 saturated carbocycles. The first-order chi connectivity index (χ1) is 9.42. The van der Waals surface area contributed by atoms with Gasteiger partial charge in [0.05, 0.1) is 0 Å². The smallest absolute Gasteiger partial charge is 0.243 e. The highest BCUT2D eigenvalue weighted by Gasteiger charge is 2.20. The lowest BCUT2D eigenvalue weighted by Gasteiger charge is -2.09. The third-order valence-corrected chi connectivity index (χ3v) is 5.33. The number of thiocarbonyl (C=S) groups is 1. The van der Waals surface area contributed by atoms with Crippen LogP contribution >= 0.6 is 23.6 Å². The van der Waals surface area contributed by atoms with E-state index in [9.17, 15) is 8.42 Å². The average molecular weight is 327 g/mol. The van der Waals surface area contributed by atoms with Crippen LogP contribution in [-0.2, 0) is 16.6 Å². The van der Waals surface area contributed by atoms with E-state index in [0.29, 0.717) is 0 Å². The van der Waals surface area contributed by atoms with Crippen molar-refractivity contribution in [1.82, 2.24) is 9.71 Å². The first kappa shape index (κ1) is 15.0. The molecule has 5 nitrogen and oxygen atoms in total. The van der Waals surface area contributed by atoms with Crippen molar-refractivity contribution in [1.29, 1.82) is 0 Å². The predicted octanol–water partition coefficient (Wildman–Crippen LogP) is 1.56. The number of rotatable bonds is 5. The van der Waals surface area contributed by atoms with Crippen LogP contribution in [0.15, 0.2) is 34.7 Å². The van der Waals surface area contributed by atoms with Crippen LogP contribution in [0, 0.1) is 6.92 Å². The molecule has 0 aliphatic carbocycles. The lowest BCUT2D eigenvalue weighted by molar-refractivity contribution is 0.581. The number of nitrogens with two attached hydrogens (primary N) is 1. The summed E-state index contributed by atoms with van der Waals surface area (Å²) in [7, 11) is -3.70. The molecule has 2 rings (SSSR count). The standard InChI is InChI=1S/C12H13N3O2S3/c1-8-4-6-19-9(8)7-15-20(16,17)10-3-2-5-14-11(10)12(13)18/h2-6,15H,7H2,1H3,(H2,13,18). The Kier molecular flexibility index (Phi) is 4.48. The lowest BCUT2D eigenvalue weighted by Crippen LogP contribution is -2.26. The van der Waals surface area contributed by atoms with E-state index in [1.165, 1.54) is 29.7 Å². The predicted molar refractivity (Wildman–Crippen MR) is 83.2 cm³/mol. The van der Waals surface area contributed by atoms with Crippen LogP contribution in [0.5, 0.6) is 0 Å². The van der Waals surface area contributed by atoms with Gasteiger partial charge in [0.1, 0.15) is 15.6 Å². The molecular weight excluding hydrogens is 314 g/mol. The van der Waals surface area contributed by atoms with Gasteiger partial charge in [-0.3, -0.25) is 4.98 Å². The minimum atomic E-state index is -3.70.